The minimum absolute atomic E-state index is 0.593. The molecule has 0 bridgehead atoms. The van der Waals surface area contributed by atoms with Gasteiger partial charge in [-0.05, 0) is 49.8 Å². The molecule has 0 atom stereocenters. The van der Waals surface area contributed by atoms with E-state index in [9.17, 15) is 0 Å². The van der Waals surface area contributed by atoms with Gasteiger partial charge in [-0.1, -0.05) is 0 Å². The zero-order valence-corrected chi connectivity index (χ0v) is 19.2. The maximum absolute atomic E-state index is 5.42. The van der Waals surface area contributed by atoms with Crippen LogP contribution in [0.15, 0.2) is 17.1 Å². The maximum Gasteiger partial charge on any atom is 0.203 e. The van der Waals surface area contributed by atoms with E-state index >= 15 is 0 Å². The number of hydrogen-bond acceptors (Lipinski definition) is 6. The van der Waals surface area contributed by atoms with Gasteiger partial charge < -0.3 is 24.8 Å². The topological polar surface area (TPSA) is 77.0 Å². The highest BCUT2D eigenvalue weighted by atomic mass is 32.1. The third kappa shape index (κ3) is 5.56. The molecule has 1 aliphatic carbocycles. The third-order valence-corrected chi connectivity index (χ3v) is 6.38. The van der Waals surface area contributed by atoms with E-state index in [1.54, 1.807) is 28.4 Å². The minimum atomic E-state index is 0.593. The first-order chi connectivity index (χ1) is 14.7. The van der Waals surface area contributed by atoms with Crippen molar-refractivity contribution in [3.8, 4) is 17.2 Å². The number of benzene rings is 1. The van der Waals surface area contributed by atoms with E-state index in [-0.39, 0.29) is 0 Å². The lowest BCUT2D eigenvalue weighted by molar-refractivity contribution is 0.323. The fourth-order valence-electron chi connectivity index (χ4n) is 3.60. The summed E-state index contributed by atoms with van der Waals surface area (Å²) >= 11 is 1.90. The molecule has 0 unspecified atom stereocenters. The van der Waals surface area contributed by atoms with Gasteiger partial charge in [0.15, 0.2) is 17.5 Å². The number of hydrogen-bond donors (Lipinski definition) is 2. The summed E-state index contributed by atoms with van der Waals surface area (Å²) in [4.78, 5) is 10.6. The zero-order valence-electron chi connectivity index (χ0n) is 18.3. The van der Waals surface area contributed by atoms with E-state index in [0.717, 1.165) is 37.3 Å². The average Bonchev–Trinajstić information content (AvgIpc) is 3.20. The predicted octanol–water partition coefficient (Wildman–Crippen LogP) is 3.35. The van der Waals surface area contributed by atoms with Gasteiger partial charge in [0.2, 0.25) is 5.75 Å². The van der Waals surface area contributed by atoms with Crippen molar-refractivity contribution >= 4 is 17.3 Å². The molecule has 7 nitrogen and oxygen atoms in total. The van der Waals surface area contributed by atoms with Crippen molar-refractivity contribution in [3.63, 3.8) is 0 Å². The molecule has 2 aromatic rings. The van der Waals surface area contributed by atoms with E-state index in [0.29, 0.717) is 23.8 Å². The quantitative estimate of drug-likeness (QED) is 0.360. The van der Waals surface area contributed by atoms with Crippen LogP contribution in [0.1, 0.15) is 40.4 Å². The number of aliphatic imine (C=N–C) groups is 1. The second-order valence-electron chi connectivity index (χ2n) is 7.17. The van der Waals surface area contributed by atoms with Crippen molar-refractivity contribution in [3.05, 3.63) is 33.3 Å². The number of guanidine groups is 1. The lowest BCUT2D eigenvalue weighted by Crippen LogP contribution is -2.37. The van der Waals surface area contributed by atoms with Crippen molar-refractivity contribution in [1.29, 1.82) is 0 Å². The highest BCUT2D eigenvalue weighted by molar-refractivity contribution is 7.11. The molecule has 0 saturated heterocycles. The van der Waals surface area contributed by atoms with Crippen LogP contribution < -0.4 is 24.8 Å². The van der Waals surface area contributed by atoms with Crippen LogP contribution in [0.2, 0.25) is 0 Å². The Bertz CT molecular complexity index is 818. The Morgan fingerprint density at radius 2 is 1.80 bits per heavy atom. The van der Waals surface area contributed by atoms with Crippen LogP contribution in [-0.2, 0) is 25.8 Å². The Morgan fingerprint density at radius 1 is 1.07 bits per heavy atom. The number of fused-ring (bicyclic) bond motifs is 1. The van der Waals surface area contributed by atoms with Crippen molar-refractivity contribution in [2.45, 2.75) is 45.1 Å². The van der Waals surface area contributed by atoms with Crippen LogP contribution in [0.5, 0.6) is 17.2 Å². The lowest BCUT2D eigenvalue weighted by atomic mass is 10.0. The second kappa shape index (κ2) is 11.1. The number of rotatable bonds is 9. The van der Waals surface area contributed by atoms with Crippen LogP contribution in [0, 0.1) is 0 Å². The molecule has 30 heavy (non-hydrogen) atoms. The Kier molecular flexibility index (Phi) is 8.19. The SMILES string of the molecule is CN=C(NCCCc1nc2c(s1)CCCC2)NCc1cc(OC)c(OC)c(OC)c1. The van der Waals surface area contributed by atoms with Gasteiger partial charge in [-0.2, -0.15) is 0 Å². The number of methoxy groups -OCH3 is 3. The fourth-order valence-corrected chi connectivity index (χ4v) is 4.80. The summed E-state index contributed by atoms with van der Waals surface area (Å²) in [5.74, 6) is 2.64. The van der Waals surface area contributed by atoms with E-state index in [1.807, 2.05) is 23.5 Å². The summed E-state index contributed by atoms with van der Waals surface area (Å²) in [7, 11) is 6.62. The molecular weight excluding hydrogens is 400 g/mol. The molecule has 8 heteroatoms. The summed E-state index contributed by atoms with van der Waals surface area (Å²) in [5, 5.41) is 7.99. The highest BCUT2D eigenvalue weighted by Gasteiger charge is 2.15. The molecule has 2 N–H and O–H groups in total. The van der Waals surface area contributed by atoms with E-state index in [4.69, 9.17) is 19.2 Å². The van der Waals surface area contributed by atoms with Gasteiger partial charge in [0.1, 0.15) is 0 Å². The van der Waals surface area contributed by atoms with Crippen molar-refractivity contribution in [1.82, 2.24) is 15.6 Å². The number of ether oxygens (including phenoxy) is 3. The van der Waals surface area contributed by atoms with Gasteiger partial charge in [-0.15, -0.1) is 11.3 Å². The van der Waals surface area contributed by atoms with E-state index < -0.39 is 0 Å². The van der Waals surface area contributed by atoms with Crippen molar-refractivity contribution in [2.24, 2.45) is 4.99 Å². The van der Waals surface area contributed by atoms with E-state index in [1.165, 1.54) is 34.8 Å². The van der Waals surface area contributed by atoms with Crippen LogP contribution in [0.3, 0.4) is 0 Å². The van der Waals surface area contributed by atoms with E-state index in [2.05, 4.69) is 15.6 Å². The van der Waals surface area contributed by atoms with Gasteiger partial charge in [0.25, 0.3) is 0 Å². The Hall–Kier alpha value is -2.48. The summed E-state index contributed by atoms with van der Waals surface area (Å²) < 4.78 is 16.2. The van der Waals surface area contributed by atoms with Gasteiger partial charge in [-0.3, -0.25) is 4.99 Å². The first kappa shape index (κ1) is 22.2. The fraction of sp³-hybridized carbons (Fsp3) is 0.545. The molecule has 0 radical (unpaired) electrons. The molecule has 0 spiro atoms. The molecule has 3 rings (SSSR count). The Balaban J connectivity index is 1.47. The molecule has 1 aromatic carbocycles. The number of thiazole rings is 1. The molecular formula is C22H32N4O3S. The predicted molar refractivity (Wildman–Crippen MR) is 121 cm³/mol. The van der Waals surface area contributed by atoms with Crippen molar-refractivity contribution in [2.75, 3.05) is 34.9 Å². The van der Waals surface area contributed by atoms with Crippen molar-refractivity contribution < 1.29 is 14.2 Å². The highest BCUT2D eigenvalue weighted by Crippen LogP contribution is 2.38. The molecule has 1 aromatic heterocycles. The average molecular weight is 433 g/mol. The zero-order chi connectivity index (χ0) is 21.3. The Labute approximate surface area is 182 Å². The first-order valence-electron chi connectivity index (χ1n) is 10.4. The van der Waals surface area contributed by atoms with Gasteiger partial charge in [-0.25, -0.2) is 4.98 Å². The number of nitrogens with one attached hydrogen (secondary N) is 2. The van der Waals surface area contributed by atoms with Crippen LogP contribution >= 0.6 is 11.3 Å². The minimum Gasteiger partial charge on any atom is -0.493 e. The van der Waals surface area contributed by atoms with Gasteiger partial charge in [0.05, 0.1) is 32.0 Å². The van der Waals surface area contributed by atoms with Crippen LogP contribution in [0.4, 0.5) is 0 Å². The van der Waals surface area contributed by atoms with Gasteiger partial charge >= 0.3 is 0 Å². The summed E-state index contributed by atoms with van der Waals surface area (Å²) in [5.41, 5.74) is 2.36. The number of nitrogens with zero attached hydrogens (tertiary/aromatic N) is 2. The standard InChI is InChI=1S/C22H32N4O3S/c1-23-22(24-11-7-10-20-26-16-8-5-6-9-19(16)30-20)25-14-15-12-17(27-2)21(29-4)18(13-15)28-3/h12-13H,5-11,14H2,1-4H3,(H2,23,24,25). The lowest BCUT2D eigenvalue weighted by Gasteiger charge is -2.16. The molecule has 164 valence electrons. The largest absolute Gasteiger partial charge is 0.493 e. The normalized spacial score (nSPS) is 13.5. The number of aromatic nitrogens is 1. The molecule has 1 heterocycles. The summed E-state index contributed by atoms with van der Waals surface area (Å²) in [6.07, 6.45) is 6.99. The molecule has 0 fully saturated rings. The first-order valence-corrected chi connectivity index (χ1v) is 11.2. The summed E-state index contributed by atoms with van der Waals surface area (Å²) in [6, 6.07) is 3.87. The van der Waals surface area contributed by atoms with Gasteiger partial charge in [0, 0.05) is 31.4 Å². The van der Waals surface area contributed by atoms with Crippen LogP contribution in [-0.4, -0.2) is 45.9 Å². The monoisotopic (exact) mass is 432 g/mol. The molecule has 1 aliphatic rings. The molecule has 0 saturated carbocycles. The second-order valence-corrected chi connectivity index (χ2v) is 8.34. The number of aryl methyl sites for hydroxylation is 3. The molecule has 0 amide bonds. The summed E-state index contributed by atoms with van der Waals surface area (Å²) in [6.45, 7) is 1.44. The molecule has 0 aliphatic heterocycles. The maximum atomic E-state index is 5.42. The Morgan fingerprint density at radius 3 is 2.43 bits per heavy atom. The third-order valence-electron chi connectivity index (χ3n) is 5.16. The smallest absolute Gasteiger partial charge is 0.203 e. The van der Waals surface area contributed by atoms with Crippen LogP contribution in [0.25, 0.3) is 0 Å².